The molecule has 0 aromatic carbocycles. The zero-order chi connectivity index (χ0) is 21.6. The van der Waals surface area contributed by atoms with Crippen molar-refractivity contribution in [2.45, 2.75) is 53.4 Å². The fourth-order valence-electron chi connectivity index (χ4n) is 1.35. The molecule has 0 bridgehead atoms. The third kappa shape index (κ3) is 63.7. The molecule has 1 saturated heterocycles. The van der Waals surface area contributed by atoms with E-state index < -0.39 is 20.2 Å². The summed E-state index contributed by atoms with van der Waals surface area (Å²) >= 11 is 0. The molecule has 1 rings (SSSR count). The molecule has 0 aliphatic carbocycles. The number of rotatable bonds is 9. The van der Waals surface area contributed by atoms with E-state index in [-0.39, 0.29) is 116 Å². The maximum atomic E-state index is 10.2. The standard InChI is InChI=1S/C6H14O.C5H12O4S.C3H6O3S.C2H6O.Ca.2ClH.Na.H2O/c1-3-5-6-7-4-2;1-2-9-4-3-5-10(6,7)8;4-7(5)3-1-2-6-7;1-2-3;;;;;/h3-6H2,1-2H3;2-5H2,1H3,(H,6,7,8);1-3H2;3H,2H2,1H3;;2*1H;;1H2/q;;;;+2;;;+1;/p-3. The normalized spacial score (nSPS) is 12.4. The van der Waals surface area contributed by atoms with E-state index in [0.29, 0.717) is 32.7 Å². The van der Waals surface area contributed by atoms with Crippen LogP contribution in [0.3, 0.4) is 0 Å². The van der Waals surface area contributed by atoms with Gasteiger partial charge in [0.05, 0.1) is 22.5 Å². The van der Waals surface area contributed by atoms with E-state index in [1.165, 1.54) is 12.8 Å². The maximum Gasteiger partial charge on any atom is 2.00 e. The second-order valence-electron chi connectivity index (χ2n) is 5.12. The second-order valence-corrected chi connectivity index (χ2v) is 8.40. The molecule has 1 aliphatic heterocycles. The van der Waals surface area contributed by atoms with E-state index in [9.17, 15) is 21.4 Å². The van der Waals surface area contributed by atoms with Crippen molar-refractivity contribution in [1.29, 1.82) is 0 Å². The molecule has 0 aromatic heterocycles. The van der Waals surface area contributed by atoms with Gasteiger partial charge in [-0.05, 0) is 40.0 Å². The number of hydrogen-bond acceptors (Lipinski definition) is 9. The molecule has 32 heavy (non-hydrogen) atoms. The predicted octanol–water partition coefficient (Wildman–Crippen LogP) is -8.68. The molecular formula is C16H39CaCl2NaO10S2. The molecule has 192 valence electrons. The summed E-state index contributed by atoms with van der Waals surface area (Å²) in [7, 11) is -7.08. The molecule has 10 nitrogen and oxygen atoms in total. The summed E-state index contributed by atoms with van der Waals surface area (Å²) in [5.41, 5.74) is 0. The van der Waals surface area contributed by atoms with Crippen molar-refractivity contribution in [1.82, 2.24) is 0 Å². The Morgan fingerprint density at radius 1 is 1.00 bits per heavy atom. The van der Waals surface area contributed by atoms with Crippen LogP contribution < -0.4 is 54.4 Å². The first-order valence-corrected chi connectivity index (χ1v) is 12.3. The van der Waals surface area contributed by atoms with Crippen LogP contribution in [0.15, 0.2) is 0 Å². The molecule has 0 aromatic rings. The number of hydrogen-bond donors (Lipinski definition) is 1. The Hall–Kier alpha value is 2.50. The predicted molar refractivity (Wildman–Crippen MR) is 114 cm³/mol. The minimum atomic E-state index is -4.03. The molecular weight excluding hydrogens is 550 g/mol. The molecule has 0 unspecified atom stereocenters. The van der Waals surface area contributed by atoms with E-state index in [1.54, 1.807) is 6.92 Å². The van der Waals surface area contributed by atoms with Crippen molar-refractivity contribution in [3.05, 3.63) is 0 Å². The molecule has 0 atom stereocenters. The van der Waals surface area contributed by atoms with Gasteiger partial charge in [0, 0.05) is 38.8 Å². The Morgan fingerprint density at radius 3 is 1.62 bits per heavy atom. The van der Waals surface area contributed by atoms with Crippen LogP contribution in [0.25, 0.3) is 0 Å². The van der Waals surface area contributed by atoms with Gasteiger partial charge in [0.1, 0.15) is 0 Å². The van der Waals surface area contributed by atoms with Gasteiger partial charge in [0.15, 0.2) is 0 Å². The van der Waals surface area contributed by atoms with Crippen LogP contribution in [0.1, 0.15) is 53.4 Å². The molecule has 1 fully saturated rings. The molecule has 1 aliphatic rings. The number of ether oxygens (including phenoxy) is 2. The fraction of sp³-hybridized carbons (Fsp3) is 1.00. The van der Waals surface area contributed by atoms with E-state index in [4.69, 9.17) is 14.6 Å². The molecule has 1 heterocycles. The molecule has 0 saturated carbocycles. The van der Waals surface area contributed by atoms with Crippen molar-refractivity contribution in [3.63, 3.8) is 0 Å². The Morgan fingerprint density at radius 2 is 1.41 bits per heavy atom. The summed E-state index contributed by atoms with van der Waals surface area (Å²) in [4.78, 5) is 0. The smallest absolute Gasteiger partial charge is 1.00 e. The molecule has 0 amide bonds. The summed E-state index contributed by atoms with van der Waals surface area (Å²) in [6, 6.07) is 0. The van der Waals surface area contributed by atoms with Crippen LogP contribution in [0.2, 0.25) is 0 Å². The average molecular weight is 590 g/mol. The molecule has 0 radical (unpaired) electrons. The molecule has 3 N–H and O–H groups in total. The van der Waals surface area contributed by atoms with Crippen molar-refractivity contribution < 1.29 is 100.0 Å². The summed E-state index contributed by atoms with van der Waals surface area (Å²) in [5, 5.41) is 7.57. The molecule has 16 heteroatoms. The van der Waals surface area contributed by atoms with Crippen LogP contribution in [-0.4, -0.2) is 121 Å². The van der Waals surface area contributed by atoms with Crippen molar-refractivity contribution in [3.8, 4) is 0 Å². The quantitative estimate of drug-likeness (QED) is 0.119. The summed E-state index contributed by atoms with van der Waals surface area (Å²) in [6.07, 6.45) is 3.38. The Bertz CT molecular complexity index is 485. The first-order valence-electron chi connectivity index (χ1n) is 9.17. The Balaban J connectivity index is -0.0000000399. The van der Waals surface area contributed by atoms with Gasteiger partial charge in [0.2, 0.25) is 0 Å². The van der Waals surface area contributed by atoms with Gasteiger partial charge in [-0.3, -0.25) is 4.18 Å². The average Bonchev–Trinajstić information content (AvgIpc) is 2.98. The van der Waals surface area contributed by atoms with Crippen molar-refractivity contribution in [2.75, 3.05) is 51.1 Å². The SMILES string of the molecule is CCCCOCC.CCO.CCOCCCS(=O)(=O)[O-].O.O=S1(=O)CCCO1.[Ca+2].[Cl-].[Cl-].[Na+]. The van der Waals surface area contributed by atoms with E-state index in [0.717, 1.165) is 13.2 Å². The van der Waals surface area contributed by atoms with E-state index in [1.807, 2.05) is 13.8 Å². The van der Waals surface area contributed by atoms with Gasteiger partial charge in [-0.15, -0.1) is 0 Å². The van der Waals surface area contributed by atoms with Crippen molar-refractivity contribution >= 4 is 58.0 Å². The number of aliphatic hydroxyl groups is 1. The van der Waals surface area contributed by atoms with Gasteiger partial charge in [0.25, 0.3) is 10.1 Å². The van der Waals surface area contributed by atoms with Crippen LogP contribution in [-0.2, 0) is 33.9 Å². The van der Waals surface area contributed by atoms with Crippen LogP contribution >= 0.6 is 0 Å². The third-order valence-electron chi connectivity index (χ3n) is 2.54. The third-order valence-corrected chi connectivity index (χ3v) is 4.64. The van der Waals surface area contributed by atoms with Crippen LogP contribution in [0.4, 0.5) is 0 Å². The zero-order valence-corrected chi connectivity index (χ0v) is 27.3. The van der Waals surface area contributed by atoms with Gasteiger partial charge >= 0.3 is 67.3 Å². The van der Waals surface area contributed by atoms with Crippen molar-refractivity contribution in [2.24, 2.45) is 0 Å². The first kappa shape index (κ1) is 55.1. The van der Waals surface area contributed by atoms with E-state index >= 15 is 0 Å². The van der Waals surface area contributed by atoms with Crippen LogP contribution in [0.5, 0.6) is 0 Å². The zero-order valence-electron chi connectivity index (χ0n) is 20.0. The van der Waals surface area contributed by atoms with Gasteiger partial charge < -0.3 is 49.4 Å². The van der Waals surface area contributed by atoms with Gasteiger partial charge in [-0.1, -0.05) is 13.3 Å². The fourth-order valence-corrected chi connectivity index (χ4v) is 2.79. The maximum absolute atomic E-state index is 10.2. The Labute approximate surface area is 259 Å². The minimum absolute atomic E-state index is 0. The topological polar surface area (TPSA) is 171 Å². The first-order chi connectivity index (χ1) is 12.6. The minimum Gasteiger partial charge on any atom is -1.00 e. The van der Waals surface area contributed by atoms with Gasteiger partial charge in [-0.2, -0.15) is 8.42 Å². The van der Waals surface area contributed by atoms with E-state index in [2.05, 4.69) is 11.1 Å². The van der Waals surface area contributed by atoms with Gasteiger partial charge in [-0.25, -0.2) is 8.42 Å². The number of halogens is 2. The summed E-state index contributed by atoms with van der Waals surface area (Å²) in [6.45, 7) is 11.0. The summed E-state index contributed by atoms with van der Waals surface area (Å²) < 4.78 is 64.6. The van der Waals surface area contributed by atoms with Crippen LogP contribution in [0, 0.1) is 0 Å². The second kappa shape index (κ2) is 40.7. The Kier molecular flexibility index (Phi) is 70.1. The number of aliphatic hydroxyl groups excluding tert-OH is 1. The number of unbranched alkanes of at least 4 members (excludes halogenated alkanes) is 1. The monoisotopic (exact) mass is 588 g/mol. The largest absolute Gasteiger partial charge is 2.00 e. The molecule has 0 spiro atoms. The summed E-state index contributed by atoms with van der Waals surface area (Å²) in [5.74, 6) is -0.125.